The summed E-state index contributed by atoms with van der Waals surface area (Å²) in [5.41, 5.74) is 0. The summed E-state index contributed by atoms with van der Waals surface area (Å²) in [7, 11) is 0. The van der Waals surface area contributed by atoms with E-state index >= 15 is 0 Å². The van der Waals surface area contributed by atoms with Crippen LogP contribution in [0, 0.1) is 0 Å². The van der Waals surface area contributed by atoms with Gasteiger partial charge in [-0.3, -0.25) is 0 Å². The molecule has 34 valence electrons. The van der Waals surface area contributed by atoms with Gasteiger partial charge in [-0.15, -0.1) is 0 Å². The Morgan fingerprint density at radius 2 is 1.67 bits per heavy atom. The molecule has 0 fully saturated rings. The number of hydrogen-bond donors (Lipinski definition) is 1. The van der Waals surface area contributed by atoms with Gasteiger partial charge in [-0.25, -0.2) is 0 Å². The van der Waals surface area contributed by atoms with Crippen LogP contribution < -0.4 is 0 Å². The molecule has 0 spiro atoms. The number of carboxylic acids is 1. The quantitative estimate of drug-likeness (QED) is 0.369. The van der Waals surface area contributed by atoms with Crippen molar-refractivity contribution in [2.75, 3.05) is 0 Å². The number of hydrogen-bond acceptors (Lipinski definition) is 2. The van der Waals surface area contributed by atoms with Crippen LogP contribution in [0.15, 0.2) is 0 Å². The van der Waals surface area contributed by atoms with E-state index in [-0.39, 0.29) is 0 Å². The van der Waals surface area contributed by atoms with Gasteiger partial charge in [-0.2, -0.15) is 0 Å². The molecular formula is C2HMnO3. The molecule has 0 unspecified atom stereocenters. The van der Waals surface area contributed by atoms with Gasteiger partial charge < -0.3 is 0 Å². The molecule has 0 atom stereocenters. The Labute approximate surface area is 42.2 Å². The molecular weight excluding hydrogens is 127 g/mol. The molecule has 0 bridgehead atoms. The van der Waals surface area contributed by atoms with Crippen LogP contribution in [0.1, 0.15) is 0 Å². The van der Waals surface area contributed by atoms with E-state index in [9.17, 15) is 9.59 Å². The van der Waals surface area contributed by atoms with E-state index in [1.807, 2.05) is 0 Å². The second-order valence-corrected chi connectivity index (χ2v) is 1.11. The van der Waals surface area contributed by atoms with Crippen LogP contribution >= 0.6 is 0 Å². The van der Waals surface area contributed by atoms with Gasteiger partial charge in [0.15, 0.2) is 0 Å². The van der Waals surface area contributed by atoms with Crippen molar-refractivity contribution in [1.82, 2.24) is 0 Å². The number of carboxylic acid groups (broad SMARTS) is 1. The topological polar surface area (TPSA) is 54.4 Å². The molecule has 0 saturated heterocycles. The van der Waals surface area contributed by atoms with Gasteiger partial charge in [0.25, 0.3) is 0 Å². The number of carbonyl (C=O) groups excluding carboxylic acids is 1. The maximum atomic E-state index is 9.46. The Morgan fingerprint density at radius 1 is 1.50 bits per heavy atom. The summed E-state index contributed by atoms with van der Waals surface area (Å²) >= 11 is 2.20. The summed E-state index contributed by atoms with van der Waals surface area (Å²) in [5.74, 6) is -1.46. The molecule has 0 aliphatic heterocycles. The molecule has 0 aliphatic rings. The van der Waals surface area contributed by atoms with E-state index in [4.69, 9.17) is 5.11 Å². The van der Waals surface area contributed by atoms with Crippen LogP contribution in [-0.2, 0) is 25.6 Å². The van der Waals surface area contributed by atoms with Crippen LogP contribution in [0.5, 0.6) is 0 Å². The molecule has 3 nitrogen and oxygen atoms in total. The SMILES string of the molecule is O=C(O)[C](=O)[Mn]. The molecule has 6 heavy (non-hydrogen) atoms. The van der Waals surface area contributed by atoms with Crippen molar-refractivity contribution in [3.8, 4) is 0 Å². The molecule has 0 radical (unpaired) electrons. The monoisotopic (exact) mass is 128 g/mol. The third kappa shape index (κ3) is 1.93. The van der Waals surface area contributed by atoms with E-state index in [1.54, 1.807) is 0 Å². The van der Waals surface area contributed by atoms with Crippen LogP contribution in [0.4, 0.5) is 0 Å². The van der Waals surface area contributed by atoms with Gasteiger partial charge >= 0.3 is 41.4 Å². The van der Waals surface area contributed by atoms with Crippen molar-refractivity contribution < 1.29 is 30.7 Å². The molecule has 0 rings (SSSR count). The van der Waals surface area contributed by atoms with Gasteiger partial charge in [0, 0.05) is 0 Å². The molecule has 1 N–H and O–H groups in total. The van der Waals surface area contributed by atoms with E-state index in [2.05, 4.69) is 16.0 Å². The number of carbonyl (C=O) groups is 2. The van der Waals surface area contributed by atoms with Crippen molar-refractivity contribution >= 4 is 10.7 Å². The van der Waals surface area contributed by atoms with Crippen LogP contribution in [-0.4, -0.2) is 15.8 Å². The summed E-state index contributed by atoms with van der Waals surface area (Å²) in [4.78, 5) is 18.8. The summed E-state index contributed by atoms with van der Waals surface area (Å²) in [6, 6.07) is 0. The standard InChI is InChI=1S/C2HO3.Mn/c3-1-2(4)5;/h(H,4,5);. The first-order valence-electron chi connectivity index (χ1n) is 1.07. The van der Waals surface area contributed by atoms with Crippen LogP contribution in [0.25, 0.3) is 0 Å². The Hall–Kier alpha value is -0.341. The van der Waals surface area contributed by atoms with Crippen molar-refractivity contribution in [1.29, 1.82) is 0 Å². The number of aliphatic carboxylic acids is 1. The molecule has 0 saturated carbocycles. The Balaban J connectivity index is 3.57. The van der Waals surface area contributed by atoms with Crippen LogP contribution in [0.3, 0.4) is 0 Å². The van der Waals surface area contributed by atoms with Gasteiger partial charge in [-0.1, -0.05) is 0 Å². The summed E-state index contributed by atoms with van der Waals surface area (Å²) in [5, 5.41) is 7.59. The fourth-order valence-electron chi connectivity index (χ4n) is 0. The molecule has 0 aromatic heterocycles. The zero-order valence-electron chi connectivity index (χ0n) is 2.64. The summed E-state index contributed by atoms with van der Waals surface area (Å²) in [6.45, 7) is 0. The van der Waals surface area contributed by atoms with Gasteiger partial charge in [0.2, 0.25) is 0 Å². The average molecular weight is 128 g/mol. The summed E-state index contributed by atoms with van der Waals surface area (Å²) in [6.07, 6.45) is 0. The third-order valence-corrected chi connectivity index (χ3v) is 0.421. The van der Waals surface area contributed by atoms with E-state index in [0.717, 1.165) is 0 Å². The number of rotatable bonds is 1. The Morgan fingerprint density at radius 3 is 1.67 bits per heavy atom. The fraction of sp³-hybridized carbons (Fsp3) is 0. The van der Waals surface area contributed by atoms with Crippen molar-refractivity contribution in [3.05, 3.63) is 0 Å². The predicted molar refractivity (Wildman–Crippen MR) is 12.6 cm³/mol. The molecule has 0 heterocycles. The molecule has 0 amide bonds. The van der Waals surface area contributed by atoms with E-state index < -0.39 is 10.7 Å². The molecule has 0 aromatic carbocycles. The predicted octanol–water partition coefficient (Wildman–Crippen LogP) is -0.856. The van der Waals surface area contributed by atoms with Crippen molar-refractivity contribution in [2.24, 2.45) is 0 Å². The molecule has 0 aliphatic carbocycles. The van der Waals surface area contributed by atoms with E-state index in [1.165, 1.54) is 0 Å². The zero-order chi connectivity index (χ0) is 5.15. The minimum absolute atomic E-state index is 1.01. The summed E-state index contributed by atoms with van der Waals surface area (Å²) < 4.78 is -1.01. The minimum atomic E-state index is -1.46. The Kier molecular flexibility index (Phi) is 1.84. The fourth-order valence-corrected chi connectivity index (χ4v) is 0. The van der Waals surface area contributed by atoms with E-state index in [0.29, 0.717) is 0 Å². The maximum absolute atomic E-state index is 9.46. The first kappa shape index (κ1) is 5.66. The van der Waals surface area contributed by atoms with Crippen molar-refractivity contribution in [2.45, 2.75) is 0 Å². The Bertz CT molecular complexity index is 74.8. The molecule has 0 aromatic rings. The first-order valence-corrected chi connectivity index (χ1v) is 1.66. The van der Waals surface area contributed by atoms with Gasteiger partial charge in [0.05, 0.1) is 0 Å². The second-order valence-electron chi connectivity index (χ2n) is 0.579. The van der Waals surface area contributed by atoms with Gasteiger partial charge in [-0.05, 0) is 0 Å². The second kappa shape index (κ2) is 1.95. The zero-order valence-corrected chi connectivity index (χ0v) is 3.82. The third-order valence-electron chi connectivity index (χ3n) is 0.168. The average Bonchev–Trinajstić information content (AvgIpc) is 1.36. The van der Waals surface area contributed by atoms with Crippen LogP contribution in [0.2, 0.25) is 0 Å². The molecule has 4 heteroatoms. The first-order chi connectivity index (χ1) is 2.64. The van der Waals surface area contributed by atoms with Gasteiger partial charge in [0.1, 0.15) is 0 Å². The normalized spacial score (nSPS) is 7.50. The van der Waals surface area contributed by atoms with Crippen molar-refractivity contribution in [3.63, 3.8) is 0 Å².